The molecule has 0 radical (unpaired) electrons. The van der Waals surface area contributed by atoms with E-state index in [1.165, 1.54) is 4.31 Å². The van der Waals surface area contributed by atoms with E-state index in [-0.39, 0.29) is 10.7 Å². The first-order valence-electron chi connectivity index (χ1n) is 7.79. The fourth-order valence-electron chi connectivity index (χ4n) is 3.02. The van der Waals surface area contributed by atoms with Gasteiger partial charge in [0, 0.05) is 43.9 Å². The minimum absolute atomic E-state index is 0.0106. The smallest absolute Gasteiger partial charge is 0.217 e. The summed E-state index contributed by atoms with van der Waals surface area (Å²) < 4.78 is 26.0. The third-order valence-electron chi connectivity index (χ3n) is 4.25. The Labute approximate surface area is 133 Å². The monoisotopic (exact) mass is 328 g/mol. The van der Waals surface area contributed by atoms with Gasteiger partial charge in [0.1, 0.15) is 0 Å². The van der Waals surface area contributed by atoms with Crippen molar-refractivity contribution in [2.75, 3.05) is 27.2 Å². The molecule has 2 heterocycles. The summed E-state index contributed by atoms with van der Waals surface area (Å²) in [5, 5.41) is 6.96. The Morgan fingerprint density at radius 1 is 1.41 bits per heavy atom. The van der Waals surface area contributed by atoms with E-state index in [0.717, 1.165) is 37.2 Å². The number of hydrogen-bond donors (Lipinski definition) is 1. The zero-order valence-corrected chi connectivity index (χ0v) is 15.1. The van der Waals surface area contributed by atoms with Gasteiger partial charge >= 0.3 is 0 Å². The van der Waals surface area contributed by atoms with Crippen molar-refractivity contribution in [1.82, 2.24) is 19.4 Å². The van der Waals surface area contributed by atoms with Gasteiger partial charge in [0.15, 0.2) is 0 Å². The maximum atomic E-state index is 12.3. The van der Waals surface area contributed by atoms with Gasteiger partial charge in [-0.2, -0.15) is 5.10 Å². The fraction of sp³-hybridized carbons (Fsp3) is 0.800. The van der Waals surface area contributed by atoms with Crippen LogP contribution in [-0.4, -0.2) is 60.3 Å². The van der Waals surface area contributed by atoms with Crippen molar-refractivity contribution in [3.8, 4) is 0 Å². The van der Waals surface area contributed by atoms with Crippen LogP contribution in [0.25, 0.3) is 0 Å². The van der Waals surface area contributed by atoms with Crippen LogP contribution in [0.5, 0.6) is 0 Å². The highest BCUT2D eigenvalue weighted by Gasteiger charge is 2.33. The summed E-state index contributed by atoms with van der Waals surface area (Å²) in [6.07, 6.45) is 3.53. The van der Waals surface area contributed by atoms with Crippen molar-refractivity contribution in [3.05, 3.63) is 17.5 Å². The lowest BCUT2D eigenvalue weighted by molar-refractivity contribution is 0.219. The van der Waals surface area contributed by atoms with Gasteiger partial charge in [-0.3, -0.25) is 10.00 Å². The van der Waals surface area contributed by atoms with Crippen LogP contribution < -0.4 is 0 Å². The maximum Gasteiger partial charge on any atom is 0.217 e. The van der Waals surface area contributed by atoms with Crippen LogP contribution >= 0.6 is 0 Å². The molecule has 1 aromatic heterocycles. The highest BCUT2D eigenvalue weighted by atomic mass is 32.2. The van der Waals surface area contributed by atoms with Gasteiger partial charge in [0.05, 0.1) is 11.4 Å². The Morgan fingerprint density at radius 3 is 2.68 bits per heavy atom. The predicted octanol–water partition coefficient (Wildman–Crippen LogP) is 1.56. The molecule has 7 heteroatoms. The molecule has 1 saturated heterocycles. The zero-order valence-electron chi connectivity index (χ0n) is 14.3. The number of piperidine rings is 1. The van der Waals surface area contributed by atoms with Crippen LogP contribution in [-0.2, 0) is 22.0 Å². The number of nitrogens with zero attached hydrogens (tertiary/aromatic N) is 3. The molecule has 0 aliphatic carbocycles. The summed E-state index contributed by atoms with van der Waals surface area (Å²) in [6.45, 7) is 8.74. The van der Waals surface area contributed by atoms with E-state index >= 15 is 0 Å². The largest absolute Gasteiger partial charge is 0.298 e. The molecular formula is C15H28N4O2S. The molecule has 6 nitrogen and oxygen atoms in total. The van der Waals surface area contributed by atoms with Crippen LogP contribution in [0.4, 0.5) is 0 Å². The van der Waals surface area contributed by atoms with Crippen molar-refractivity contribution >= 4 is 10.0 Å². The fourth-order valence-corrected chi connectivity index (χ4v) is 4.48. The molecule has 0 bridgehead atoms. The van der Waals surface area contributed by atoms with Crippen LogP contribution in [0.1, 0.15) is 44.9 Å². The minimum Gasteiger partial charge on any atom is -0.298 e. The van der Waals surface area contributed by atoms with Gasteiger partial charge in [-0.25, -0.2) is 12.7 Å². The SMILES string of the molecule is CN(C)S(=O)(=O)C1CCCN(Cc2cn[nH]c2C(C)(C)C)C1. The molecule has 0 amide bonds. The summed E-state index contributed by atoms with van der Waals surface area (Å²) in [6, 6.07) is 0. The molecule has 22 heavy (non-hydrogen) atoms. The number of nitrogens with one attached hydrogen (secondary N) is 1. The quantitative estimate of drug-likeness (QED) is 0.911. The van der Waals surface area contributed by atoms with Crippen LogP contribution in [0.15, 0.2) is 6.20 Å². The third kappa shape index (κ3) is 3.70. The highest BCUT2D eigenvalue weighted by molar-refractivity contribution is 7.89. The molecule has 1 aromatic rings. The Bertz CT molecular complexity index is 601. The number of aromatic nitrogens is 2. The van der Waals surface area contributed by atoms with E-state index < -0.39 is 10.0 Å². The van der Waals surface area contributed by atoms with Crippen molar-refractivity contribution in [3.63, 3.8) is 0 Å². The average molecular weight is 328 g/mol. The topological polar surface area (TPSA) is 69.3 Å². The molecular weight excluding hydrogens is 300 g/mol. The zero-order chi connectivity index (χ0) is 16.5. The Morgan fingerprint density at radius 2 is 2.09 bits per heavy atom. The summed E-state index contributed by atoms with van der Waals surface area (Å²) in [7, 11) is 0.0442. The number of likely N-dealkylation sites (tertiary alicyclic amines) is 1. The normalized spacial score (nSPS) is 21.5. The second-order valence-corrected chi connectivity index (χ2v) is 9.77. The molecule has 1 aliphatic heterocycles. The van der Waals surface area contributed by atoms with Crippen molar-refractivity contribution < 1.29 is 8.42 Å². The number of aromatic amines is 1. The lowest BCUT2D eigenvalue weighted by atomic mass is 9.89. The number of rotatable bonds is 4. The molecule has 0 saturated carbocycles. The second-order valence-electron chi connectivity index (χ2n) is 7.35. The summed E-state index contributed by atoms with van der Waals surface area (Å²) in [5.41, 5.74) is 2.30. The summed E-state index contributed by atoms with van der Waals surface area (Å²) in [4.78, 5) is 2.23. The van der Waals surface area contributed by atoms with Crippen LogP contribution in [0, 0.1) is 0 Å². The Kier molecular flexibility index (Phi) is 4.99. The number of hydrogen-bond acceptors (Lipinski definition) is 4. The standard InChI is InChI=1S/C15H28N4O2S/c1-15(2,3)14-12(9-16-17-14)10-19-8-6-7-13(11-19)22(20,21)18(4)5/h9,13H,6-8,10-11H2,1-5H3,(H,16,17). The van der Waals surface area contributed by atoms with Crippen molar-refractivity contribution in [2.45, 2.75) is 50.8 Å². The van der Waals surface area contributed by atoms with Gasteiger partial charge in [-0.15, -0.1) is 0 Å². The molecule has 1 fully saturated rings. The van der Waals surface area contributed by atoms with Gasteiger partial charge in [-0.05, 0) is 19.4 Å². The lowest BCUT2D eigenvalue weighted by Gasteiger charge is -2.34. The van der Waals surface area contributed by atoms with Crippen LogP contribution in [0.2, 0.25) is 0 Å². The van der Waals surface area contributed by atoms with E-state index in [2.05, 4.69) is 35.9 Å². The molecule has 1 atom stereocenters. The molecule has 0 aromatic carbocycles. The number of sulfonamides is 1. The summed E-state index contributed by atoms with van der Waals surface area (Å²) >= 11 is 0. The van der Waals surface area contributed by atoms with E-state index in [9.17, 15) is 8.42 Å². The van der Waals surface area contributed by atoms with E-state index in [1.807, 2.05) is 6.20 Å². The van der Waals surface area contributed by atoms with Crippen molar-refractivity contribution in [1.29, 1.82) is 0 Å². The Balaban J connectivity index is 2.10. The Hall–Kier alpha value is -0.920. The summed E-state index contributed by atoms with van der Waals surface area (Å²) in [5.74, 6) is 0. The first-order valence-corrected chi connectivity index (χ1v) is 9.29. The molecule has 1 aliphatic rings. The molecule has 1 unspecified atom stereocenters. The van der Waals surface area contributed by atoms with Crippen molar-refractivity contribution in [2.24, 2.45) is 0 Å². The molecule has 2 rings (SSSR count). The second kappa shape index (κ2) is 6.29. The lowest BCUT2D eigenvalue weighted by Crippen LogP contribution is -2.45. The molecule has 126 valence electrons. The molecule has 1 N–H and O–H groups in total. The predicted molar refractivity (Wildman–Crippen MR) is 88.2 cm³/mol. The third-order valence-corrected chi connectivity index (χ3v) is 6.50. The van der Waals surface area contributed by atoms with Crippen LogP contribution in [0.3, 0.4) is 0 Å². The van der Waals surface area contributed by atoms with E-state index in [4.69, 9.17) is 0 Å². The average Bonchev–Trinajstić information content (AvgIpc) is 2.87. The minimum atomic E-state index is -3.18. The molecule has 0 spiro atoms. The maximum absolute atomic E-state index is 12.3. The van der Waals surface area contributed by atoms with Gasteiger partial charge in [-0.1, -0.05) is 20.8 Å². The van der Waals surface area contributed by atoms with Gasteiger partial charge < -0.3 is 0 Å². The highest BCUT2D eigenvalue weighted by Crippen LogP contribution is 2.26. The number of H-pyrrole nitrogens is 1. The first-order chi connectivity index (χ1) is 10.1. The van der Waals surface area contributed by atoms with E-state index in [1.54, 1.807) is 14.1 Å². The van der Waals surface area contributed by atoms with Gasteiger partial charge in [0.2, 0.25) is 10.0 Å². The van der Waals surface area contributed by atoms with Gasteiger partial charge in [0.25, 0.3) is 0 Å². The van der Waals surface area contributed by atoms with E-state index in [0.29, 0.717) is 6.54 Å². The first kappa shape index (κ1) is 17.4.